The Morgan fingerprint density at radius 2 is 1.66 bits per heavy atom. The number of hydrogen-bond donors (Lipinski definition) is 1. The lowest BCUT2D eigenvalue weighted by atomic mass is 9.82. The molecule has 35 heavy (non-hydrogen) atoms. The highest BCUT2D eigenvalue weighted by molar-refractivity contribution is 5.94. The standard InChI is InChI=1S/C28H28F3N3O/c29-28(30,31)22-11-12-25-21(17-22)18-24(27(35)32-23-9-5-2-6-10-23)26-19-33(15-16-34(25)26)14-13-20-7-3-1-4-8-20/h1-12,17,24,26H,13-16,18-19H2,(H,32,35)/t24-,26-/m1/s1. The number of carbonyl (C=O) groups is 1. The Morgan fingerprint density at radius 3 is 2.37 bits per heavy atom. The highest BCUT2D eigenvalue weighted by Gasteiger charge is 2.42. The van der Waals surface area contributed by atoms with Crippen molar-refractivity contribution in [2.24, 2.45) is 5.92 Å². The van der Waals surface area contributed by atoms with Gasteiger partial charge in [0.05, 0.1) is 17.5 Å². The molecule has 0 spiro atoms. The first-order valence-electron chi connectivity index (χ1n) is 12.0. The number of nitrogens with one attached hydrogen (secondary N) is 1. The molecule has 1 amide bonds. The van der Waals surface area contributed by atoms with E-state index in [0.29, 0.717) is 24.3 Å². The smallest absolute Gasteiger partial charge is 0.365 e. The molecule has 7 heteroatoms. The summed E-state index contributed by atoms with van der Waals surface area (Å²) in [5, 5.41) is 2.99. The van der Waals surface area contributed by atoms with E-state index in [-0.39, 0.29) is 18.4 Å². The van der Waals surface area contributed by atoms with Gasteiger partial charge < -0.3 is 10.2 Å². The molecule has 1 saturated heterocycles. The van der Waals surface area contributed by atoms with Gasteiger partial charge in [-0.15, -0.1) is 0 Å². The number of amides is 1. The predicted octanol–water partition coefficient (Wildman–Crippen LogP) is 5.25. The van der Waals surface area contributed by atoms with Crippen molar-refractivity contribution in [3.8, 4) is 0 Å². The zero-order valence-corrected chi connectivity index (χ0v) is 19.3. The summed E-state index contributed by atoms with van der Waals surface area (Å²) in [7, 11) is 0. The highest BCUT2D eigenvalue weighted by Crippen LogP contribution is 2.40. The lowest BCUT2D eigenvalue weighted by Crippen LogP contribution is -2.60. The number of hydrogen-bond acceptors (Lipinski definition) is 3. The second kappa shape index (κ2) is 9.74. The number of rotatable bonds is 5. The van der Waals surface area contributed by atoms with Gasteiger partial charge in [-0.1, -0.05) is 48.5 Å². The molecule has 0 radical (unpaired) electrons. The van der Waals surface area contributed by atoms with Crippen molar-refractivity contribution in [2.75, 3.05) is 36.4 Å². The molecule has 2 heterocycles. The quantitative estimate of drug-likeness (QED) is 0.543. The molecule has 5 rings (SSSR count). The number of carbonyl (C=O) groups excluding carboxylic acids is 1. The third kappa shape index (κ3) is 5.20. The Kier molecular flexibility index (Phi) is 6.52. The molecule has 0 saturated carbocycles. The number of fused-ring (bicyclic) bond motifs is 3. The first-order chi connectivity index (χ1) is 16.9. The molecule has 1 fully saturated rings. The zero-order valence-electron chi connectivity index (χ0n) is 19.3. The van der Waals surface area contributed by atoms with Crippen LogP contribution in [-0.4, -0.2) is 43.0 Å². The van der Waals surface area contributed by atoms with E-state index in [9.17, 15) is 18.0 Å². The topological polar surface area (TPSA) is 35.6 Å². The molecule has 0 unspecified atom stereocenters. The van der Waals surface area contributed by atoms with Crippen LogP contribution < -0.4 is 10.2 Å². The van der Waals surface area contributed by atoms with E-state index in [1.807, 2.05) is 48.5 Å². The van der Waals surface area contributed by atoms with Crippen molar-refractivity contribution in [1.29, 1.82) is 0 Å². The third-order valence-corrected chi connectivity index (χ3v) is 7.06. The Bertz CT molecular complexity index is 1170. The second-order valence-electron chi connectivity index (χ2n) is 9.30. The molecule has 4 nitrogen and oxygen atoms in total. The van der Waals surface area contributed by atoms with Gasteiger partial charge in [0, 0.05) is 37.6 Å². The van der Waals surface area contributed by atoms with Crippen molar-refractivity contribution in [3.05, 3.63) is 95.6 Å². The molecule has 3 aromatic carbocycles. The average Bonchev–Trinajstić information content (AvgIpc) is 2.87. The van der Waals surface area contributed by atoms with Gasteiger partial charge in [-0.25, -0.2) is 0 Å². The predicted molar refractivity (Wildman–Crippen MR) is 131 cm³/mol. The fourth-order valence-corrected chi connectivity index (χ4v) is 5.25. The number of para-hydroxylation sites is 1. The van der Waals surface area contributed by atoms with Crippen molar-refractivity contribution in [1.82, 2.24) is 4.90 Å². The molecule has 0 aromatic heterocycles. The number of nitrogens with zero attached hydrogens (tertiary/aromatic N) is 2. The molecule has 2 aliphatic rings. The summed E-state index contributed by atoms with van der Waals surface area (Å²) in [6.45, 7) is 3.05. The minimum absolute atomic E-state index is 0.104. The van der Waals surface area contributed by atoms with Gasteiger partial charge in [0.25, 0.3) is 0 Å². The van der Waals surface area contributed by atoms with Crippen LogP contribution in [-0.2, 0) is 23.8 Å². The van der Waals surface area contributed by atoms with Crippen LogP contribution in [0.5, 0.6) is 0 Å². The number of alkyl halides is 3. The van der Waals surface area contributed by atoms with Gasteiger partial charge >= 0.3 is 6.18 Å². The van der Waals surface area contributed by atoms with Crippen LogP contribution in [0.2, 0.25) is 0 Å². The van der Waals surface area contributed by atoms with Crippen molar-refractivity contribution >= 4 is 17.3 Å². The fraction of sp³-hybridized carbons (Fsp3) is 0.321. The third-order valence-electron chi connectivity index (χ3n) is 7.06. The maximum Gasteiger partial charge on any atom is 0.416 e. The van der Waals surface area contributed by atoms with Crippen LogP contribution in [0.3, 0.4) is 0 Å². The van der Waals surface area contributed by atoms with Gasteiger partial charge in [-0.2, -0.15) is 13.2 Å². The summed E-state index contributed by atoms with van der Waals surface area (Å²) >= 11 is 0. The molecule has 182 valence electrons. The number of piperazine rings is 1. The van der Waals surface area contributed by atoms with E-state index < -0.39 is 17.7 Å². The largest absolute Gasteiger partial charge is 0.416 e. The van der Waals surface area contributed by atoms with Gasteiger partial charge in [-0.05, 0) is 54.3 Å². The molecular formula is C28H28F3N3O. The molecule has 0 bridgehead atoms. The van der Waals surface area contributed by atoms with Gasteiger partial charge in [-0.3, -0.25) is 9.69 Å². The maximum atomic E-state index is 13.4. The van der Waals surface area contributed by atoms with E-state index in [4.69, 9.17) is 0 Å². The highest BCUT2D eigenvalue weighted by atomic mass is 19.4. The van der Waals surface area contributed by atoms with E-state index in [1.54, 1.807) is 6.07 Å². The Balaban J connectivity index is 1.40. The molecule has 1 N–H and O–H groups in total. The van der Waals surface area contributed by atoms with Crippen LogP contribution in [0.25, 0.3) is 0 Å². The van der Waals surface area contributed by atoms with Crippen LogP contribution in [0.15, 0.2) is 78.9 Å². The molecule has 2 atom stereocenters. The molecule has 3 aromatic rings. The molecular weight excluding hydrogens is 451 g/mol. The number of benzene rings is 3. The van der Waals surface area contributed by atoms with Crippen LogP contribution >= 0.6 is 0 Å². The lowest BCUT2D eigenvalue weighted by molar-refractivity contribution is -0.137. The average molecular weight is 480 g/mol. The summed E-state index contributed by atoms with van der Waals surface area (Å²) in [6, 6.07) is 23.3. The van der Waals surface area contributed by atoms with E-state index in [1.165, 1.54) is 11.6 Å². The van der Waals surface area contributed by atoms with E-state index >= 15 is 0 Å². The first kappa shape index (κ1) is 23.4. The Labute approximate surface area is 203 Å². The summed E-state index contributed by atoms with van der Waals surface area (Å²) in [5.41, 5.74) is 2.69. The first-order valence-corrected chi connectivity index (χ1v) is 12.0. The Morgan fingerprint density at radius 1 is 0.943 bits per heavy atom. The zero-order chi connectivity index (χ0) is 24.4. The number of halogens is 3. The minimum atomic E-state index is -4.41. The Hall–Kier alpha value is -3.32. The summed E-state index contributed by atoms with van der Waals surface area (Å²) in [5.74, 6) is -0.607. The van der Waals surface area contributed by atoms with E-state index in [2.05, 4.69) is 27.2 Å². The normalized spacial score (nSPS) is 20.1. The SMILES string of the molecule is O=C(Nc1ccccc1)[C@@H]1Cc2cc(C(F)(F)F)ccc2N2CCN(CCc3ccccc3)C[C@H]12. The lowest BCUT2D eigenvalue weighted by Gasteiger charge is -2.49. The summed E-state index contributed by atoms with van der Waals surface area (Å²) < 4.78 is 40.2. The molecule has 2 aliphatic heterocycles. The van der Waals surface area contributed by atoms with Crippen LogP contribution in [0, 0.1) is 5.92 Å². The summed E-state index contributed by atoms with van der Waals surface area (Å²) in [6.07, 6.45) is -3.21. The van der Waals surface area contributed by atoms with Crippen molar-refractivity contribution in [2.45, 2.75) is 25.1 Å². The second-order valence-corrected chi connectivity index (χ2v) is 9.30. The monoisotopic (exact) mass is 479 g/mol. The van der Waals surface area contributed by atoms with Crippen molar-refractivity contribution in [3.63, 3.8) is 0 Å². The van der Waals surface area contributed by atoms with Crippen molar-refractivity contribution < 1.29 is 18.0 Å². The van der Waals surface area contributed by atoms with Gasteiger partial charge in [0.1, 0.15) is 0 Å². The van der Waals surface area contributed by atoms with Gasteiger partial charge in [0.2, 0.25) is 5.91 Å². The number of anilines is 2. The van der Waals surface area contributed by atoms with Crippen LogP contribution in [0.4, 0.5) is 24.5 Å². The summed E-state index contributed by atoms with van der Waals surface area (Å²) in [4.78, 5) is 17.9. The van der Waals surface area contributed by atoms with Gasteiger partial charge in [0.15, 0.2) is 0 Å². The maximum absolute atomic E-state index is 13.4. The van der Waals surface area contributed by atoms with Crippen LogP contribution in [0.1, 0.15) is 16.7 Å². The molecule has 0 aliphatic carbocycles. The fourth-order valence-electron chi connectivity index (χ4n) is 5.25. The van der Waals surface area contributed by atoms with E-state index in [0.717, 1.165) is 31.3 Å². The minimum Gasteiger partial charge on any atom is -0.365 e.